The van der Waals surface area contributed by atoms with Gasteiger partial charge in [-0.1, -0.05) is 48.7 Å². The molecule has 21 heteroatoms. The van der Waals surface area contributed by atoms with E-state index in [0.717, 1.165) is 46.7 Å². The van der Waals surface area contributed by atoms with E-state index in [9.17, 15) is 18.4 Å². The number of anilines is 3. The summed E-state index contributed by atoms with van der Waals surface area (Å²) < 4.78 is 53.2. The number of hydrazone groups is 1. The van der Waals surface area contributed by atoms with Crippen molar-refractivity contribution in [3.05, 3.63) is 96.5 Å². The minimum Gasteiger partial charge on any atom is -0.478 e. The second-order valence-electron chi connectivity index (χ2n) is 14.0. The molecule has 2 aromatic carbocycles. The van der Waals surface area contributed by atoms with Crippen LogP contribution in [0, 0.1) is 11.6 Å². The molecule has 2 aliphatic heterocycles. The largest absolute Gasteiger partial charge is 0.478 e. The summed E-state index contributed by atoms with van der Waals surface area (Å²) in [5.41, 5.74) is 8.01. The van der Waals surface area contributed by atoms with E-state index in [1.165, 1.54) is 19.2 Å². The number of hydrogen-bond donors (Lipinski definition) is 3. The maximum atomic E-state index is 15.0. The van der Waals surface area contributed by atoms with E-state index in [-0.39, 0.29) is 42.1 Å². The van der Waals surface area contributed by atoms with Gasteiger partial charge in [-0.2, -0.15) is 20.1 Å². The van der Waals surface area contributed by atoms with Gasteiger partial charge in [-0.3, -0.25) is 14.3 Å². The van der Waals surface area contributed by atoms with Gasteiger partial charge in [-0.05, 0) is 55.6 Å². The third-order valence-electron chi connectivity index (χ3n) is 9.94. The Bertz CT molecular complexity index is 2400. The molecule has 0 saturated carbocycles. The van der Waals surface area contributed by atoms with Crippen molar-refractivity contribution in [2.75, 3.05) is 50.6 Å². The van der Waals surface area contributed by atoms with Crippen LogP contribution in [0.5, 0.6) is 5.88 Å². The first-order chi connectivity index (χ1) is 28.9. The SMILES string of the molecule is C=CC(=O)NC1CN(c2nc(Nc3cn(CCCON(C)C(=O)N4N=C(c5cc(F)ccc5F)S[C@@]4(CCCN)c4ccccc4)nc3OC)c3ncn(C)c3n2)CC1F. The first-order valence-corrected chi connectivity index (χ1v) is 19.8. The fraction of sp³-hybridized carbons (Fsp3) is 0.359. The Balaban J connectivity index is 1.04. The highest BCUT2D eigenvalue weighted by Crippen LogP contribution is 2.51. The number of hydroxylamine groups is 2. The van der Waals surface area contributed by atoms with Crippen LogP contribution in [-0.4, -0.2) is 109 Å². The number of amides is 3. The van der Waals surface area contributed by atoms with Gasteiger partial charge >= 0.3 is 6.03 Å². The van der Waals surface area contributed by atoms with Crippen LogP contribution in [0.3, 0.4) is 0 Å². The number of carbonyl (C=O) groups is 2. The standard InChI is InChI=1S/C39H44F3N13O4S/c1-5-31(56)45-29-21-53(20-28(29)42)37-47-33(32-34(48-37)51(2)23-44-32)46-30-22-54(49-35(30)58-4)17-10-18-59-52(3)38(57)55-39(15-9-16-43,24-11-7-6-8-12-24)60-36(50-55)26-19-25(40)13-14-27(26)41/h5-8,11-14,19,22-23,28-29H,1,9-10,15-18,20-21,43H2,2-4H3,(H,45,56)(H,46,47,48)/t28?,29?,39-/m0/s1. The van der Waals surface area contributed by atoms with Crippen molar-refractivity contribution < 1.29 is 32.3 Å². The van der Waals surface area contributed by atoms with Gasteiger partial charge in [0.05, 0.1) is 38.8 Å². The number of imidazole rings is 1. The van der Waals surface area contributed by atoms with Gasteiger partial charge in [0.2, 0.25) is 11.9 Å². The molecule has 0 radical (unpaired) electrons. The quantitative estimate of drug-likeness (QED) is 0.0702. The number of aromatic nitrogens is 6. The molecule has 4 N–H and O–H groups in total. The monoisotopic (exact) mass is 847 g/mol. The molecule has 3 aromatic heterocycles. The van der Waals surface area contributed by atoms with Gasteiger partial charge < -0.3 is 30.6 Å². The van der Waals surface area contributed by atoms with Gasteiger partial charge in [-0.15, -0.1) is 5.10 Å². The number of alkyl halides is 1. The highest BCUT2D eigenvalue weighted by Gasteiger charge is 2.50. The summed E-state index contributed by atoms with van der Waals surface area (Å²) in [7, 11) is 4.71. The van der Waals surface area contributed by atoms with E-state index in [1.54, 1.807) is 33.7 Å². The summed E-state index contributed by atoms with van der Waals surface area (Å²) in [6.07, 6.45) is 4.34. The van der Waals surface area contributed by atoms with E-state index < -0.39 is 40.7 Å². The molecule has 3 amide bonds. The van der Waals surface area contributed by atoms with Crippen molar-refractivity contribution in [1.29, 1.82) is 0 Å². The van der Waals surface area contributed by atoms with Crippen molar-refractivity contribution in [2.24, 2.45) is 17.9 Å². The van der Waals surface area contributed by atoms with Crippen molar-refractivity contribution in [2.45, 2.75) is 42.9 Å². The average Bonchev–Trinajstić information content (AvgIpc) is 4.04. The van der Waals surface area contributed by atoms with Crippen LogP contribution in [0.15, 0.2) is 78.8 Å². The minimum atomic E-state index is -1.35. The molecule has 0 aliphatic carbocycles. The van der Waals surface area contributed by atoms with Crippen LogP contribution in [-0.2, 0) is 28.1 Å². The minimum absolute atomic E-state index is 0.0304. The van der Waals surface area contributed by atoms with Gasteiger partial charge in [0.25, 0.3) is 5.88 Å². The molecule has 316 valence electrons. The Hall–Kier alpha value is -6.19. The number of fused-ring (bicyclic) bond motifs is 1. The summed E-state index contributed by atoms with van der Waals surface area (Å²) >= 11 is 1.16. The fourth-order valence-corrected chi connectivity index (χ4v) is 8.33. The Morgan fingerprint density at radius 1 is 1.15 bits per heavy atom. The lowest BCUT2D eigenvalue weighted by atomic mass is 10.0. The first-order valence-electron chi connectivity index (χ1n) is 19.0. The van der Waals surface area contributed by atoms with Gasteiger partial charge in [0, 0.05) is 32.7 Å². The summed E-state index contributed by atoms with van der Waals surface area (Å²) in [5.74, 6) is -0.955. The number of nitrogens with two attached hydrogens (primary N) is 1. The lowest BCUT2D eigenvalue weighted by Gasteiger charge is -2.37. The predicted molar refractivity (Wildman–Crippen MR) is 220 cm³/mol. The summed E-state index contributed by atoms with van der Waals surface area (Å²) in [6, 6.07) is 10.9. The molecule has 5 aromatic rings. The number of urea groups is 1. The molecular formula is C39H44F3N13O4S. The third kappa shape index (κ3) is 8.59. The molecule has 17 nitrogen and oxygen atoms in total. The maximum absolute atomic E-state index is 15.0. The number of ether oxygens (including phenoxy) is 1. The zero-order chi connectivity index (χ0) is 42.6. The Kier molecular flexibility index (Phi) is 12.6. The summed E-state index contributed by atoms with van der Waals surface area (Å²) in [4.78, 5) is 46.2. The lowest BCUT2D eigenvalue weighted by molar-refractivity contribution is -0.117. The molecule has 0 bridgehead atoms. The molecule has 60 heavy (non-hydrogen) atoms. The number of carbonyl (C=O) groups excluding carboxylic acids is 2. The molecular weight excluding hydrogens is 804 g/mol. The van der Waals surface area contributed by atoms with Crippen LogP contribution < -0.4 is 26.0 Å². The summed E-state index contributed by atoms with van der Waals surface area (Å²) in [6.45, 7) is 4.33. The van der Waals surface area contributed by atoms with Crippen molar-refractivity contribution >= 4 is 57.4 Å². The zero-order valence-corrected chi connectivity index (χ0v) is 33.9. The van der Waals surface area contributed by atoms with Crippen LogP contribution in [0.1, 0.15) is 30.4 Å². The van der Waals surface area contributed by atoms with Crippen molar-refractivity contribution in [3.8, 4) is 5.88 Å². The van der Waals surface area contributed by atoms with E-state index in [4.69, 9.17) is 15.3 Å². The van der Waals surface area contributed by atoms with E-state index in [1.807, 2.05) is 30.3 Å². The number of benzene rings is 2. The van der Waals surface area contributed by atoms with Crippen LogP contribution in [0.25, 0.3) is 11.2 Å². The van der Waals surface area contributed by atoms with Crippen LogP contribution in [0.4, 0.5) is 35.4 Å². The number of halogens is 3. The normalized spacial score (nSPS) is 18.8. The molecule has 5 heterocycles. The van der Waals surface area contributed by atoms with Crippen molar-refractivity contribution in [1.82, 2.24) is 44.7 Å². The lowest BCUT2D eigenvalue weighted by Crippen LogP contribution is -2.47. The zero-order valence-electron chi connectivity index (χ0n) is 33.1. The van der Waals surface area contributed by atoms with Gasteiger partial charge in [0.1, 0.15) is 33.4 Å². The van der Waals surface area contributed by atoms with Gasteiger partial charge in [0.15, 0.2) is 17.0 Å². The fourth-order valence-electron chi connectivity index (χ4n) is 6.91. The number of methoxy groups -OCH3 is 1. The number of aryl methyl sites for hydroxylation is 2. The molecule has 7 rings (SSSR count). The Morgan fingerprint density at radius 2 is 1.95 bits per heavy atom. The number of thioether (sulfide) groups is 1. The maximum Gasteiger partial charge on any atom is 0.365 e. The van der Waals surface area contributed by atoms with E-state index in [2.05, 4.69) is 42.4 Å². The second kappa shape index (κ2) is 18.0. The Labute approximate surface area is 347 Å². The second-order valence-corrected chi connectivity index (χ2v) is 15.3. The van der Waals surface area contributed by atoms with Crippen LogP contribution >= 0.6 is 11.8 Å². The Morgan fingerprint density at radius 3 is 2.70 bits per heavy atom. The molecule has 2 aliphatic rings. The number of hydrogen-bond acceptors (Lipinski definition) is 13. The molecule has 1 saturated heterocycles. The molecule has 1 fully saturated rings. The van der Waals surface area contributed by atoms with E-state index >= 15 is 4.39 Å². The number of nitrogens with zero attached hydrogens (tertiary/aromatic N) is 10. The van der Waals surface area contributed by atoms with Crippen molar-refractivity contribution in [3.63, 3.8) is 0 Å². The molecule has 0 spiro atoms. The van der Waals surface area contributed by atoms with Crippen LogP contribution in [0.2, 0.25) is 0 Å². The third-order valence-corrected chi connectivity index (χ3v) is 11.4. The molecule has 2 unspecified atom stereocenters. The van der Waals surface area contributed by atoms with E-state index in [0.29, 0.717) is 55.0 Å². The highest BCUT2D eigenvalue weighted by molar-refractivity contribution is 8.15. The first kappa shape index (κ1) is 42.0. The number of nitrogens with one attached hydrogen (secondary N) is 2. The molecule has 3 atom stereocenters. The predicted octanol–water partition coefficient (Wildman–Crippen LogP) is 4.80. The van der Waals surface area contributed by atoms with Gasteiger partial charge in [-0.25, -0.2) is 28.0 Å². The summed E-state index contributed by atoms with van der Waals surface area (Å²) in [5, 5.41) is 17.4. The highest BCUT2D eigenvalue weighted by atomic mass is 32.2. The average molecular weight is 848 g/mol. The smallest absolute Gasteiger partial charge is 0.365 e. The topological polar surface area (TPSA) is 186 Å². The number of rotatable bonds is 16.